The average Bonchev–Trinajstić information content (AvgIpc) is 3.04. The van der Waals surface area contributed by atoms with Gasteiger partial charge in [-0.1, -0.05) is 6.92 Å². The molecule has 8 heteroatoms. The minimum atomic E-state index is -0.291. The molecule has 0 atom stereocenters. The first kappa shape index (κ1) is 16.5. The van der Waals surface area contributed by atoms with Crippen molar-refractivity contribution in [2.24, 2.45) is 0 Å². The molecule has 0 radical (unpaired) electrons. The van der Waals surface area contributed by atoms with E-state index in [2.05, 4.69) is 20.4 Å². The molecule has 1 aliphatic heterocycles. The zero-order valence-corrected chi connectivity index (χ0v) is 13.7. The molecule has 0 saturated carbocycles. The predicted octanol–water partition coefficient (Wildman–Crippen LogP) is 1.25. The summed E-state index contributed by atoms with van der Waals surface area (Å²) in [4.78, 5) is 16.1. The molecule has 0 unspecified atom stereocenters. The van der Waals surface area contributed by atoms with Crippen LogP contribution in [0.2, 0.25) is 0 Å². The highest BCUT2D eigenvalue weighted by molar-refractivity contribution is 5.76. The summed E-state index contributed by atoms with van der Waals surface area (Å²) >= 11 is 0. The monoisotopic (exact) mass is 332 g/mol. The van der Waals surface area contributed by atoms with E-state index < -0.39 is 0 Å². The molecule has 1 aliphatic rings. The lowest BCUT2D eigenvalue weighted by Crippen LogP contribution is -2.48. The van der Waals surface area contributed by atoms with Gasteiger partial charge >= 0.3 is 0 Å². The van der Waals surface area contributed by atoms with Crippen LogP contribution in [0.15, 0.2) is 24.3 Å². The third-order valence-corrected chi connectivity index (χ3v) is 4.16. The first-order valence-electron chi connectivity index (χ1n) is 8.20. The largest absolute Gasteiger partial charge is 0.340 e. The number of hydrogen-bond acceptors (Lipinski definition) is 5. The van der Waals surface area contributed by atoms with Crippen LogP contribution in [-0.2, 0) is 11.3 Å². The Morgan fingerprint density at radius 3 is 2.54 bits per heavy atom. The molecular formula is C16H21FN6O. The van der Waals surface area contributed by atoms with Crippen molar-refractivity contribution < 1.29 is 9.18 Å². The van der Waals surface area contributed by atoms with Crippen molar-refractivity contribution in [3.63, 3.8) is 0 Å². The van der Waals surface area contributed by atoms with Crippen LogP contribution in [0.25, 0.3) is 5.69 Å². The SMILES string of the molecule is CCCC(=O)N1CCN(Cc2nnnn2-c2ccc(F)cc2)CC1. The van der Waals surface area contributed by atoms with E-state index in [1.165, 1.54) is 12.1 Å². The van der Waals surface area contributed by atoms with E-state index in [0.717, 1.165) is 38.3 Å². The van der Waals surface area contributed by atoms with Gasteiger partial charge in [0.15, 0.2) is 5.82 Å². The molecule has 0 spiro atoms. The molecule has 0 bridgehead atoms. The fourth-order valence-corrected chi connectivity index (χ4v) is 2.81. The third kappa shape index (κ3) is 3.76. The Morgan fingerprint density at radius 1 is 1.17 bits per heavy atom. The smallest absolute Gasteiger partial charge is 0.222 e. The Labute approximate surface area is 140 Å². The van der Waals surface area contributed by atoms with Gasteiger partial charge < -0.3 is 4.90 Å². The number of hydrogen-bond donors (Lipinski definition) is 0. The molecule has 24 heavy (non-hydrogen) atoms. The third-order valence-electron chi connectivity index (χ3n) is 4.16. The van der Waals surface area contributed by atoms with Crippen LogP contribution >= 0.6 is 0 Å². The molecule has 3 rings (SSSR count). The highest BCUT2D eigenvalue weighted by Gasteiger charge is 2.22. The van der Waals surface area contributed by atoms with Gasteiger partial charge in [0.2, 0.25) is 5.91 Å². The Morgan fingerprint density at radius 2 is 1.88 bits per heavy atom. The van der Waals surface area contributed by atoms with Crippen LogP contribution in [0, 0.1) is 5.82 Å². The van der Waals surface area contributed by atoms with E-state index in [0.29, 0.717) is 18.8 Å². The van der Waals surface area contributed by atoms with Gasteiger partial charge in [-0.2, -0.15) is 4.68 Å². The summed E-state index contributed by atoms with van der Waals surface area (Å²) in [5.74, 6) is 0.643. The highest BCUT2D eigenvalue weighted by Crippen LogP contribution is 2.12. The topological polar surface area (TPSA) is 67.2 Å². The normalized spacial score (nSPS) is 15.7. The highest BCUT2D eigenvalue weighted by atomic mass is 19.1. The number of amides is 1. The van der Waals surface area contributed by atoms with Crippen LogP contribution in [0.5, 0.6) is 0 Å². The van der Waals surface area contributed by atoms with E-state index in [1.807, 2.05) is 11.8 Å². The van der Waals surface area contributed by atoms with Crippen LogP contribution in [-0.4, -0.2) is 62.1 Å². The molecule has 1 aromatic heterocycles. The molecule has 7 nitrogen and oxygen atoms in total. The summed E-state index contributed by atoms with van der Waals surface area (Å²) in [6.45, 7) is 5.68. The zero-order chi connectivity index (χ0) is 16.9. The van der Waals surface area contributed by atoms with Crippen LogP contribution in [0.3, 0.4) is 0 Å². The first-order chi connectivity index (χ1) is 11.7. The van der Waals surface area contributed by atoms with Gasteiger partial charge in [-0.05, 0) is 41.1 Å². The average molecular weight is 332 g/mol. The van der Waals surface area contributed by atoms with Crippen LogP contribution in [0.4, 0.5) is 4.39 Å². The van der Waals surface area contributed by atoms with E-state index in [-0.39, 0.29) is 11.7 Å². The van der Waals surface area contributed by atoms with Crippen LogP contribution in [0.1, 0.15) is 25.6 Å². The van der Waals surface area contributed by atoms with Crippen molar-refractivity contribution in [1.82, 2.24) is 30.0 Å². The summed E-state index contributed by atoms with van der Waals surface area (Å²) in [5, 5.41) is 11.8. The van der Waals surface area contributed by atoms with Gasteiger partial charge in [-0.3, -0.25) is 9.69 Å². The van der Waals surface area contributed by atoms with Gasteiger partial charge in [-0.15, -0.1) is 5.10 Å². The van der Waals surface area contributed by atoms with Crippen molar-refractivity contribution in [2.75, 3.05) is 26.2 Å². The van der Waals surface area contributed by atoms with Crippen molar-refractivity contribution >= 4 is 5.91 Å². The Kier molecular flexibility index (Phi) is 5.14. The maximum atomic E-state index is 13.1. The maximum Gasteiger partial charge on any atom is 0.222 e. The summed E-state index contributed by atoms with van der Waals surface area (Å²) in [6.07, 6.45) is 1.49. The molecule has 0 N–H and O–H groups in total. The summed E-state index contributed by atoms with van der Waals surface area (Å²) in [5.41, 5.74) is 0.730. The molecule has 0 aliphatic carbocycles. The van der Waals surface area contributed by atoms with Gasteiger partial charge in [0, 0.05) is 32.6 Å². The van der Waals surface area contributed by atoms with Crippen LogP contribution < -0.4 is 0 Å². The lowest BCUT2D eigenvalue weighted by molar-refractivity contribution is -0.133. The molecule has 2 heterocycles. The van der Waals surface area contributed by atoms with Crippen molar-refractivity contribution in [3.8, 4) is 5.69 Å². The molecular weight excluding hydrogens is 311 g/mol. The number of halogens is 1. The number of benzene rings is 1. The summed E-state index contributed by atoms with van der Waals surface area (Å²) < 4.78 is 14.7. The minimum absolute atomic E-state index is 0.230. The Hall–Kier alpha value is -2.35. The van der Waals surface area contributed by atoms with Crippen molar-refractivity contribution in [1.29, 1.82) is 0 Å². The van der Waals surface area contributed by atoms with Crippen molar-refractivity contribution in [3.05, 3.63) is 35.9 Å². The van der Waals surface area contributed by atoms with Gasteiger partial charge in [0.25, 0.3) is 0 Å². The minimum Gasteiger partial charge on any atom is -0.340 e. The van der Waals surface area contributed by atoms with E-state index in [1.54, 1.807) is 16.8 Å². The second-order valence-corrected chi connectivity index (χ2v) is 5.89. The molecule has 1 saturated heterocycles. The number of aromatic nitrogens is 4. The Balaban J connectivity index is 1.61. The van der Waals surface area contributed by atoms with Gasteiger partial charge in [0.1, 0.15) is 5.82 Å². The number of nitrogens with zero attached hydrogens (tertiary/aromatic N) is 6. The zero-order valence-electron chi connectivity index (χ0n) is 13.7. The second kappa shape index (κ2) is 7.48. The van der Waals surface area contributed by atoms with E-state index in [9.17, 15) is 9.18 Å². The quantitative estimate of drug-likeness (QED) is 0.824. The molecule has 1 fully saturated rings. The summed E-state index contributed by atoms with van der Waals surface area (Å²) in [6, 6.07) is 6.07. The number of carbonyl (C=O) groups is 1. The van der Waals surface area contributed by atoms with E-state index in [4.69, 9.17) is 0 Å². The molecule has 2 aromatic rings. The second-order valence-electron chi connectivity index (χ2n) is 5.89. The molecule has 1 amide bonds. The molecule has 128 valence electrons. The summed E-state index contributed by atoms with van der Waals surface area (Å²) in [7, 11) is 0. The first-order valence-corrected chi connectivity index (χ1v) is 8.20. The lowest BCUT2D eigenvalue weighted by Gasteiger charge is -2.34. The Bertz CT molecular complexity index is 678. The fraction of sp³-hybridized carbons (Fsp3) is 0.500. The standard InChI is InChI=1S/C16H21FN6O/c1-2-3-16(24)22-10-8-21(9-11-22)12-15-18-19-20-23(15)14-6-4-13(17)5-7-14/h4-7H,2-3,8-12H2,1H3. The van der Waals surface area contributed by atoms with Gasteiger partial charge in [0.05, 0.1) is 12.2 Å². The maximum absolute atomic E-state index is 13.1. The number of tetrazole rings is 1. The van der Waals surface area contributed by atoms with E-state index >= 15 is 0 Å². The lowest BCUT2D eigenvalue weighted by atomic mass is 10.2. The number of carbonyl (C=O) groups excluding carboxylic acids is 1. The fourth-order valence-electron chi connectivity index (χ4n) is 2.81. The molecule has 1 aromatic carbocycles. The van der Waals surface area contributed by atoms with Crippen molar-refractivity contribution in [2.45, 2.75) is 26.3 Å². The number of piperazine rings is 1. The number of rotatable bonds is 5. The van der Waals surface area contributed by atoms with Gasteiger partial charge in [-0.25, -0.2) is 4.39 Å². The predicted molar refractivity (Wildman–Crippen MR) is 85.9 cm³/mol.